The van der Waals surface area contributed by atoms with Crippen molar-refractivity contribution in [2.24, 2.45) is 0 Å². The molecule has 0 spiro atoms. The van der Waals surface area contributed by atoms with E-state index < -0.39 is 0 Å². The van der Waals surface area contributed by atoms with E-state index in [-0.39, 0.29) is 0 Å². The smallest absolute Gasteiger partial charge is 0.173 e. The molecule has 2 rings (SSSR count). The number of thiocarbonyl (C=S) groups is 1. The first kappa shape index (κ1) is 17.3. The van der Waals surface area contributed by atoms with Crippen molar-refractivity contribution in [2.45, 2.75) is 20.0 Å². The summed E-state index contributed by atoms with van der Waals surface area (Å²) in [7, 11) is 1.88. The van der Waals surface area contributed by atoms with E-state index in [1.807, 2.05) is 23.6 Å². The number of anilines is 1. The first-order valence-corrected chi connectivity index (χ1v) is 8.14. The molecular weight excluding hydrogens is 363 g/mol. The van der Waals surface area contributed by atoms with E-state index >= 15 is 0 Å². The van der Waals surface area contributed by atoms with Crippen molar-refractivity contribution in [1.29, 1.82) is 0 Å². The van der Waals surface area contributed by atoms with E-state index in [9.17, 15) is 0 Å². The van der Waals surface area contributed by atoms with Crippen LogP contribution in [0.4, 0.5) is 5.69 Å². The Kier molecular flexibility index (Phi) is 5.92. The third-order valence-electron chi connectivity index (χ3n) is 3.10. The molecule has 0 saturated carbocycles. The maximum absolute atomic E-state index is 6.17. The standard InChI is InChI=1S/C14H15Cl3N4S/c1-3-21-13(11(17)7-18-21)8-20(2)14(22)19-12-5-4-9(15)6-10(12)16/h4-7H,3,8H2,1-2H3,(H,19,22). The van der Waals surface area contributed by atoms with Crippen molar-refractivity contribution in [3.63, 3.8) is 0 Å². The van der Waals surface area contributed by atoms with Crippen LogP contribution in [0.15, 0.2) is 24.4 Å². The summed E-state index contributed by atoms with van der Waals surface area (Å²) >= 11 is 23.6. The highest BCUT2D eigenvalue weighted by Gasteiger charge is 2.13. The van der Waals surface area contributed by atoms with Gasteiger partial charge in [-0.1, -0.05) is 34.8 Å². The van der Waals surface area contributed by atoms with Crippen LogP contribution in [-0.2, 0) is 13.1 Å². The Morgan fingerprint density at radius 3 is 2.68 bits per heavy atom. The van der Waals surface area contributed by atoms with E-state index in [1.165, 1.54) is 0 Å². The Morgan fingerprint density at radius 1 is 1.32 bits per heavy atom. The predicted molar refractivity (Wildman–Crippen MR) is 97.1 cm³/mol. The minimum absolute atomic E-state index is 0.514. The molecule has 2 aromatic rings. The number of aromatic nitrogens is 2. The van der Waals surface area contributed by atoms with Crippen LogP contribution >= 0.6 is 47.0 Å². The fourth-order valence-electron chi connectivity index (χ4n) is 1.92. The second-order valence-corrected chi connectivity index (χ2v) is 6.30. The zero-order valence-electron chi connectivity index (χ0n) is 12.1. The fraction of sp³-hybridized carbons (Fsp3) is 0.286. The van der Waals surface area contributed by atoms with Gasteiger partial charge in [-0.15, -0.1) is 0 Å². The topological polar surface area (TPSA) is 33.1 Å². The van der Waals surface area contributed by atoms with Crippen molar-refractivity contribution in [3.8, 4) is 0 Å². The summed E-state index contributed by atoms with van der Waals surface area (Å²) in [5, 5.41) is 9.56. The van der Waals surface area contributed by atoms with E-state index in [1.54, 1.807) is 24.4 Å². The molecule has 0 aliphatic carbocycles. The average Bonchev–Trinajstić information content (AvgIpc) is 2.82. The van der Waals surface area contributed by atoms with Crippen LogP contribution in [-0.4, -0.2) is 26.8 Å². The van der Waals surface area contributed by atoms with Gasteiger partial charge in [0.05, 0.1) is 34.2 Å². The fourth-order valence-corrected chi connectivity index (χ4v) is 2.75. The molecule has 0 aliphatic rings. The molecule has 1 heterocycles. The minimum atomic E-state index is 0.514. The van der Waals surface area contributed by atoms with Gasteiger partial charge in [-0.3, -0.25) is 4.68 Å². The van der Waals surface area contributed by atoms with Gasteiger partial charge in [-0.25, -0.2) is 0 Å². The van der Waals surface area contributed by atoms with Crippen LogP contribution in [0.5, 0.6) is 0 Å². The van der Waals surface area contributed by atoms with Crippen molar-refractivity contribution >= 4 is 57.8 Å². The molecule has 1 aromatic carbocycles. The lowest BCUT2D eigenvalue weighted by atomic mass is 10.3. The summed E-state index contributed by atoms with van der Waals surface area (Å²) in [6.07, 6.45) is 1.64. The first-order chi connectivity index (χ1) is 10.4. The zero-order valence-corrected chi connectivity index (χ0v) is 15.2. The number of benzene rings is 1. The van der Waals surface area contributed by atoms with E-state index in [0.29, 0.717) is 32.4 Å². The molecule has 1 N–H and O–H groups in total. The predicted octanol–water partition coefficient (Wildman–Crippen LogP) is 4.69. The molecule has 8 heteroatoms. The number of rotatable bonds is 4. The number of nitrogens with zero attached hydrogens (tertiary/aromatic N) is 3. The quantitative estimate of drug-likeness (QED) is 0.783. The lowest BCUT2D eigenvalue weighted by Gasteiger charge is -2.22. The number of nitrogens with one attached hydrogen (secondary N) is 1. The minimum Gasteiger partial charge on any atom is -0.346 e. The largest absolute Gasteiger partial charge is 0.346 e. The Labute approximate surface area is 149 Å². The molecule has 0 atom stereocenters. The van der Waals surface area contributed by atoms with Gasteiger partial charge >= 0.3 is 0 Å². The van der Waals surface area contributed by atoms with Gasteiger partial charge in [-0.2, -0.15) is 5.10 Å². The van der Waals surface area contributed by atoms with Gasteiger partial charge in [0.1, 0.15) is 0 Å². The Bertz CT molecular complexity index is 687. The van der Waals surface area contributed by atoms with Crippen LogP contribution in [0.2, 0.25) is 15.1 Å². The summed E-state index contributed by atoms with van der Waals surface area (Å²) in [4.78, 5) is 1.87. The Morgan fingerprint density at radius 2 is 2.05 bits per heavy atom. The van der Waals surface area contributed by atoms with E-state index in [0.717, 1.165) is 12.2 Å². The third-order valence-corrected chi connectivity index (χ3v) is 4.38. The van der Waals surface area contributed by atoms with Crippen molar-refractivity contribution in [2.75, 3.05) is 12.4 Å². The molecule has 1 aromatic heterocycles. The average molecular weight is 378 g/mol. The molecule has 0 unspecified atom stereocenters. The molecule has 118 valence electrons. The van der Waals surface area contributed by atoms with Gasteiger partial charge in [-0.05, 0) is 37.3 Å². The van der Waals surface area contributed by atoms with Crippen molar-refractivity contribution in [1.82, 2.24) is 14.7 Å². The second kappa shape index (κ2) is 7.51. The number of hydrogen-bond acceptors (Lipinski definition) is 2. The Hall–Kier alpha value is -1.01. The number of aryl methyl sites for hydroxylation is 1. The van der Waals surface area contributed by atoms with Gasteiger partial charge in [0.15, 0.2) is 5.11 Å². The van der Waals surface area contributed by atoms with E-state index in [2.05, 4.69) is 10.4 Å². The van der Waals surface area contributed by atoms with E-state index in [4.69, 9.17) is 47.0 Å². The zero-order chi connectivity index (χ0) is 16.3. The summed E-state index contributed by atoms with van der Waals surface area (Å²) in [5.41, 5.74) is 1.62. The molecule has 22 heavy (non-hydrogen) atoms. The lowest BCUT2D eigenvalue weighted by Crippen LogP contribution is -2.31. The summed E-state index contributed by atoms with van der Waals surface area (Å²) in [5.74, 6) is 0. The molecule has 0 aliphatic heterocycles. The van der Waals surface area contributed by atoms with Crippen LogP contribution in [0.1, 0.15) is 12.6 Å². The highest BCUT2D eigenvalue weighted by molar-refractivity contribution is 7.80. The molecule has 4 nitrogen and oxygen atoms in total. The monoisotopic (exact) mass is 376 g/mol. The maximum Gasteiger partial charge on any atom is 0.173 e. The highest BCUT2D eigenvalue weighted by atomic mass is 35.5. The van der Waals surface area contributed by atoms with Gasteiger partial charge < -0.3 is 10.2 Å². The normalized spacial score (nSPS) is 10.6. The number of hydrogen-bond donors (Lipinski definition) is 1. The third kappa shape index (κ3) is 4.04. The van der Waals surface area contributed by atoms with Crippen LogP contribution in [0.3, 0.4) is 0 Å². The van der Waals surface area contributed by atoms with Crippen LogP contribution in [0.25, 0.3) is 0 Å². The lowest BCUT2D eigenvalue weighted by molar-refractivity contribution is 0.471. The highest BCUT2D eigenvalue weighted by Crippen LogP contribution is 2.26. The van der Waals surface area contributed by atoms with Crippen molar-refractivity contribution in [3.05, 3.63) is 45.2 Å². The summed E-state index contributed by atoms with van der Waals surface area (Å²) in [6.45, 7) is 3.31. The second-order valence-electron chi connectivity index (χ2n) is 4.67. The Balaban J connectivity index is 2.07. The summed E-state index contributed by atoms with van der Waals surface area (Å²) in [6, 6.07) is 5.20. The maximum atomic E-state index is 6.17. The molecule has 0 bridgehead atoms. The van der Waals surface area contributed by atoms with Gasteiger partial charge in [0, 0.05) is 18.6 Å². The molecule has 0 radical (unpaired) electrons. The molecule has 0 amide bonds. The first-order valence-electron chi connectivity index (χ1n) is 6.59. The SMILES string of the molecule is CCn1ncc(Cl)c1CN(C)C(=S)Nc1ccc(Cl)cc1Cl. The molecule has 0 fully saturated rings. The molecule has 0 saturated heterocycles. The van der Waals surface area contributed by atoms with Crippen molar-refractivity contribution < 1.29 is 0 Å². The van der Waals surface area contributed by atoms with Gasteiger partial charge in [0.2, 0.25) is 0 Å². The number of halogens is 3. The van der Waals surface area contributed by atoms with Crippen LogP contribution < -0.4 is 5.32 Å². The van der Waals surface area contributed by atoms with Gasteiger partial charge in [0.25, 0.3) is 0 Å². The molecular formula is C14H15Cl3N4S. The summed E-state index contributed by atoms with van der Waals surface area (Å²) < 4.78 is 1.84. The van der Waals surface area contributed by atoms with Crippen LogP contribution in [0, 0.1) is 0 Å².